The summed E-state index contributed by atoms with van der Waals surface area (Å²) in [5.41, 5.74) is 3.38. The van der Waals surface area contributed by atoms with Crippen molar-refractivity contribution in [1.29, 1.82) is 0 Å². The van der Waals surface area contributed by atoms with E-state index < -0.39 is 0 Å². The smallest absolute Gasteiger partial charge is 0.251 e. The van der Waals surface area contributed by atoms with Crippen molar-refractivity contribution in [2.24, 2.45) is 0 Å². The fourth-order valence-electron chi connectivity index (χ4n) is 2.87. The second-order valence-corrected chi connectivity index (χ2v) is 6.57. The summed E-state index contributed by atoms with van der Waals surface area (Å²) < 4.78 is 0. The molecule has 0 radical (unpaired) electrons. The zero-order chi connectivity index (χ0) is 18.5. The maximum Gasteiger partial charge on any atom is 0.251 e. The van der Waals surface area contributed by atoms with Gasteiger partial charge in [0, 0.05) is 40.8 Å². The SMILES string of the molecule is CC(C)NC(=O)c1ccc(C(=O)NCCc2c[nH]c3ccccc23)cc1. The average molecular weight is 349 g/mol. The fraction of sp³-hybridized carbons (Fsp3) is 0.238. The molecule has 3 rings (SSSR count). The Bertz CT molecular complexity index is 910. The molecule has 1 aromatic heterocycles. The molecule has 0 atom stereocenters. The number of carbonyl (C=O) groups is 2. The Kier molecular flexibility index (Phi) is 5.37. The summed E-state index contributed by atoms with van der Waals surface area (Å²) in [5.74, 6) is -0.271. The van der Waals surface area contributed by atoms with Crippen LogP contribution in [0.25, 0.3) is 10.9 Å². The van der Waals surface area contributed by atoms with Crippen molar-refractivity contribution in [3.63, 3.8) is 0 Å². The van der Waals surface area contributed by atoms with Gasteiger partial charge in [0.25, 0.3) is 11.8 Å². The van der Waals surface area contributed by atoms with Gasteiger partial charge in [0.05, 0.1) is 0 Å². The predicted molar refractivity (Wildman–Crippen MR) is 103 cm³/mol. The van der Waals surface area contributed by atoms with E-state index in [2.05, 4.69) is 21.7 Å². The van der Waals surface area contributed by atoms with Crippen molar-refractivity contribution in [1.82, 2.24) is 15.6 Å². The van der Waals surface area contributed by atoms with E-state index in [1.54, 1.807) is 24.3 Å². The lowest BCUT2D eigenvalue weighted by atomic mass is 10.1. The van der Waals surface area contributed by atoms with Crippen molar-refractivity contribution in [3.05, 3.63) is 71.4 Å². The minimum atomic E-state index is -0.138. The minimum absolute atomic E-state index is 0.0787. The normalized spacial score (nSPS) is 10.9. The molecule has 2 amide bonds. The first-order valence-corrected chi connectivity index (χ1v) is 8.78. The average Bonchev–Trinajstić information content (AvgIpc) is 3.04. The highest BCUT2D eigenvalue weighted by Crippen LogP contribution is 2.17. The molecule has 0 saturated carbocycles. The molecule has 5 nitrogen and oxygen atoms in total. The number of hydrogen-bond acceptors (Lipinski definition) is 2. The largest absolute Gasteiger partial charge is 0.361 e. The summed E-state index contributed by atoms with van der Waals surface area (Å²) in [5, 5.41) is 6.94. The van der Waals surface area contributed by atoms with Gasteiger partial charge in [-0.3, -0.25) is 9.59 Å². The summed E-state index contributed by atoms with van der Waals surface area (Å²) >= 11 is 0. The van der Waals surface area contributed by atoms with E-state index in [9.17, 15) is 9.59 Å². The lowest BCUT2D eigenvalue weighted by molar-refractivity contribution is 0.0935. The number of amides is 2. The molecule has 134 valence electrons. The highest BCUT2D eigenvalue weighted by Gasteiger charge is 2.10. The van der Waals surface area contributed by atoms with Crippen LogP contribution in [0.2, 0.25) is 0 Å². The van der Waals surface area contributed by atoms with Gasteiger partial charge in [-0.25, -0.2) is 0 Å². The molecule has 3 N–H and O–H groups in total. The summed E-state index contributed by atoms with van der Waals surface area (Å²) in [4.78, 5) is 27.4. The van der Waals surface area contributed by atoms with Crippen molar-refractivity contribution in [2.75, 3.05) is 6.54 Å². The van der Waals surface area contributed by atoms with Gasteiger partial charge in [0.1, 0.15) is 0 Å². The third kappa shape index (κ3) is 4.11. The molecule has 2 aromatic carbocycles. The van der Waals surface area contributed by atoms with E-state index in [0.717, 1.165) is 11.9 Å². The fourth-order valence-corrected chi connectivity index (χ4v) is 2.87. The molecule has 0 aliphatic carbocycles. The molecule has 0 unspecified atom stereocenters. The van der Waals surface area contributed by atoms with Crippen LogP contribution in [-0.2, 0) is 6.42 Å². The Morgan fingerprint density at radius 3 is 2.31 bits per heavy atom. The summed E-state index contributed by atoms with van der Waals surface area (Å²) in [7, 11) is 0. The second-order valence-electron chi connectivity index (χ2n) is 6.57. The predicted octanol–water partition coefficient (Wildman–Crippen LogP) is 3.28. The molecular weight excluding hydrogens is 326 g/mol. The number of fused-ring (bicyclic) bond motifs is 1. The van der Waals surface area contributed by atoms with Crippen molar-refractivity contribution in [2.45, 2.75) is 26.3 Å². The number of rotatable bonds is 6. The van der Waals surface area contributed by atoms with E-state index in [0.29, 0.717) is 17.7 Å². The van der Waals surface area contributed by atoms with Gasteiger partial charge in [0.2, 0.25) is 0 Å². The number of hydrogen-bond donors (Lipinski definition) is 3. The number of aromatic amines is 1. The third-order valence-corrected chi connectivity index (χ3v) is 4.18. The Balaban J connectivity index is 1.56. The topological polar surface area (TPSA) is 74.0 Å². The monoisotopic (exact) mass is 349 g/mol. The Labute approximate surface area is 152 Å². The van der Waals surface area contributed by atoms with Gasteiger partial charge < -0.3 is 15.6 Å². The van der Waals surface area contributed by atoms with Crippen LogP contribution in [0, 0.1) is 0 Å². The quantitative estimate of drug-likeness (QED) is 0.639. The van der Waals surface area contributed by atoms with Gasteiger partial charge in [-0.1, -0.05) is 18.2 Å². The molecule has 0 saturated heterocycles. The summed E-state index contributed by atoms with van der Waals surface area (Å²) in [6, 6.07) is 14.9. The molecule has 3 aromatic rings. The molecule has 0 aliphatic heterocycles. The van der Waals surface area contributed by atoms with E-state index in [-0.39, 0.29) is 17.9 Å². The van der Waals surface area contributed by atoms with Crippen LogP contribution in [0.1, 0.15) is 40.1 Å². The van der Waals surface area contributed by atoms with Crippen molar-refractivity contribution >= 4 is 22.7 Å². The standard InChI is InChI=1S/C21H23N3O2/c1-14(2)24-21(26)16-9-7-15(8-10-16)20(25)22-12-11-17-13-23-19-6-4-3-5-18(17)19/h3-10,13-14,23H,11-12H2,1-2H3,(H,22,25)(H,24,26). The Morgan fingerprint density at radius 1 is 0.962 bits per heavy atom. The lowest BCUT2D eigenvalue weighted by Gasteiger charge is -2.09. The molecule has 0 bridgehead atoms. The van der Waals surface area contributed by atoms with Crippen LogP contribution < -0.4 is 10.6 Å². The second kappa shape index (κ2) is 7.87. The van der Waals surface area contributed by atoms with Gasteiger partial charge in [0.15, 0.2) is 0 Å². The van der Waals surface area contributed by atoms with E-state index in [1.165, 1.54) is 10.9 Å². The number of aromatic nitrogens is 1. The van der Waals surface area contributed by atoms with Gasteiger partial charge >= 0.3 is 0 Å². The van der Waals surface area contributed by atoms with Crippen molar-refractivity contribution < 1.29 is 9.59 Å². The molecule has 0 fully saturated rings. The maximum absolute atomic E-state index is 12.3. The van der Waals surface area contributed by atoms with E-state index in [4.69, 9.17) is 0 Å². The lowest BCUT2D eigenvalue weighted by Crippen LogP contribution is -2.30. The van der Waals surface area contributed by atoms with Crippen LogP contribution in [0.5, 0.6) is 0 Å². The molecule has 5 heteroatoms. The van der Waals surface area contributed by atoms with Gasteiger partial charge in [-0.15, -0.1) is 0 Å². The van der Waals surface area contributed by atoms with Crippen LogP contribution in [0.4, 0.5) is 0 Å². The number of benzene rings is 2. The first-order valence-electron chi connectivity index (χ1n) is 8.78. The summed E-state index contributed by atoms with van der Waals surface area (Å²) in [6.07, 6.45) is 2.74. The van der Waals surface area contributed by atoms with Crippen LogP contribution in [0.15, 0.2) is 54.7 Å². The van der Waals surface area contributed by atoms with Gasteiger partial charge in [-0.05, 0) is 56.2 Å². The third-order valence-electron chi connectivity index (χ3n) is 4.18. The van der Waals surface area contributed by atoms with Crippen molar-refractivity contribution in [3.8, 4) is 0 Å². The molecule has 0 spiro atoms. The highest BCUT2D eigenvalue weighted by molar-refractivity contribution is 5.97. The maximum atomic E-state index is 12.3. The van der Waals surface area contributed by atoms with Crippen LogP contribution in [0.3, 0.4) is 0 Å². The number of carbonyl (C=O) groups excluding carboxylic acids is 2. The number of H-pyrrole nitrogens is 1. The van der Waals surface area contributed by atoms with Crippen LogP contribution in [-0.4, -0.2) is 29.4 Å². The first-order chi connectivity index (χ1) is 12.5. The molecular formula is C21H23N3O2. The molecule has 0 aliphatic rings. The molecule has 1 heterocycles. The number of nitrogens with one attached hydrogen (secondary N) is 3. The molecule has 26 heavy (non-hydrogen) atoms. The van der Waals surface area contributed by atoms with E-state index >= 15 is 0 Å². The summed E-state index contributed by atoms with van der Waals surface area (Å²) in [6.45, 7) is 4.37. The Hall–Kier alpha value is -3.08. The van der Waals surface area contributed by atoms with Crippen LogP contribution >= 0.6 is 0 Å². The zero-order valence-corrected chi connectivity index (χ0v) is 15.0. The zero-order valence-electron chi connectivity index (χ0n) is 15.0. The Morgan fingerprint density at radius 2 is 1.62 bits per heavy atom. The number of para-hydroxylation sites is 1. The first kappa shape index (κ1) is 17.7. The minimum Gasteiger partial charge on any atom is -0.361 e. The highest BCUT2D eigenvalue weighted by atomic mass is 16.2. The van der Waals surface area contributed by atoms with E-state index in [1.807, 2.05) is 38.2 Å². The van der Waals surface area contributed by atoms with Gasteiger partial charge in [-0.2, -0.15) is 0 Å².